The molecule has 2 saturated carbocycles. The Morgan fingerprint density at radius 2 is 1.98 bits per heavy atom. The predicted molar refractivity (Wildman–Crippen MR) is 150 cm³/mol. The molecule has 5 unspecified atom stereocenters. The number of rotatable bonds is 12. The third kappa shape index (κ3) is 4.31. The molecule has 0 amide bonds. The molecule has 1 aliphatic heterocycles. The van der Waals surface area contributed by atoms with Gasteiger partial charge in [-0.15, -0.1) is 0 Å². The molecule has 1 aromatic carbocycles. The topological polar surface area (TPSA) is 179 Å². The molecule has 3 aromatic rings. The largest absolute Gasteiger partial charge is 0.462 e. The van der Waals surface area contributed by atoms with Crippen LogP contribution in [0.5, 0.6) is 5.75 Å². The van der Waals surface area contributed by atoms with Crippen LogP contribution in [0.2, 0.25) is 0 Å². The van der Waals surface area contributed by atoms with E-state index in [4.69, 9.17) is 30.0 Å². The van der Waals surface area contributed by atoms with Crippen molar-refractivity contribution < 1.29 is 32.3 Å². The molecule has 0 spiro atoms. The summed E-state index contributed by atoms with van der Waals surface area (Å²) >= 11 is 0. The number of nitrogens with one attached hydrogen (secondary N) is 1. The summed E-state index contributed by atoms with van der Waals surface area (Å²) < 4.78 is 55.2. The number of halogens is 1. The third-order valence-electron chi connectivity index (χ3n) is 8.77. The van der Waals surface area contributed by atoms with E-state index in [1.807, 2.05) is 6.92 Å². The first-order valence-electron chi connectivity index (χ1n) is 13.9. The highest BCUT2D eigenvalue weighted by Gasteiger charge is 2.97. The number of nitrogens with two attached hydrogens (primary N) is 2. The Bertz CT molecular complexity index is 1560. The molecule has 8 atom stereocenters. The maximum atomic E-state index is 16.4. The number of fused-ring (bicyclic) bond motifs is 4. The van der Waals surface area contributed by atoms with E-state index >= 15 is 4.39 Å². The van der Waals surface area contributed by atoms with Gasteiger partial charge in [-0.05, 0) is 52.8 Å². The lowest BCUT2D eigenvalue weighted by atomic mass is 9.90. The molecule has 3 fully saturated rings. The highest BCUT2D eigenvalue weighted by Crippen LogP contribution is 2.89. The van der Waals surface area contributed by atoms with Gasteiger partial charge < -0.3 is 30.0 Å². The van der Waals surface area contributed by atoms with Crippen molar-refractivity contribution in [3.8, 4) is 5.75 Å². The van der Waals surface area contributed by atoms with E-state index in [1.54, 1.807) is 48.7 Å². The minimum atomic E-state index is -4.13. The lowest BCUT2D eigenvalue weighted by Crippen LogP contribution is -2.36. The van der Waals surface area contributed by atoms with Crippen LogP contribution in [0.1, 0.15) is 40.2 Å². The molecule has 2 aromatic heterocycles. The average Bonchev–Trinajstić information content (AvgIpc) is 3.50. The molecule has 0 bridgehead atoms. The van der Waals surface area contributed by atoms with Gasteiger partial charge >= 0.3 is 13.7 Å². The standard InChI is InChI=1S/C27H35FN7O6P/c1-15(2)39-24(36)16(3)34-42(37,40-17-8-6-5-7-9-17)38-12-18-25(4)26(18,10-11-29)20-21(27(20,28)41-25)35-14-33-19-22(30)31-13-32-23(19)35/h5-9,13-16,18,20-21H,10-12,29H2,1-4H3,(H,34,37)(H2,30,31,32)/t16-,18-,20?,21-,25?,26?,27?,42?/m0/s1. The minimum absolute atomic E-state index is 0.0986. The Labute approximate surface area is 242 Å². The Morgan fingerprint density at radius 1 is 1.24 bits per heavy atom. The summed E-state index contributed by atoms with van der Waals surface area (Å²) in [6, 6.07) is 6.77. The molecule has 15 heteroatoms. The predicted octanol–water partition coefficient (Wildman–Crippen LogP) is 3.13. The highest BCUT2D eigenvalue weighted by molar-refractivity contribution is 7.52. The molecule has 6 rings (SSSR count). The number of nitrogen functional groups attached to an aromatic ring is 1. The minimum Gasteiger partial charge on any atom is -0.462 e. The van der Waals surface area contributed by atoms with Crippen LogP contribution in [0.4, 0.5) is 10.2 Å². The molecule has 13 nitrogen and oxygen atoms in total. The van der Waals surface area contributed by atoms with Gasteiger partial charge in [0.25, 0.3) is 0 Å². The van der Waals surface area contributed by atoms with Gasteiger partial charge in [0.1, 0.15) is 29.7 Å². The number of para-hydroxylation sites is 1. The monoisotopic (exact) mass is 603 g/mol. The zero-order chi connectivity index (χ0) is 30.1. The molecule has 5 N–H and O–H groups in total. The highest BCUT2D eigenvalue weighted by atomic mass is 31.2. The van der Waals surface area contributed by atoms with Crippen molar-refractivity contribution in [1.29, 1.82) is 0 Å². The first-order chi connectivity index (χ1) is 19.9. The summed E-state index contributed by atoms with van der Waals surface area (Å²) in [5.41, 5.74) is 11.1. The maximum Gasteiger partial charge on any atom is 0.459 e. The lowest BCUT2D eigenvalue weighted by molar-refractivity contribution is -0.149. The normalized spacial score (nSPS) is 33.1. The van der Waals surface area contributed by atoms with Crippen molar-refractivity contribution >= 4 is 30.7 Å². The number of carbonyl (C=O) groups excluding carboxylic acids is 1. The number of benzene rings is 1. The second kappa shape index (κ2) is 9.95. The van der Waals surface area contributed by atoms with Crippen molar-refractivity contribution in [3.05, 3.63) is 43.0 Å². The SMILES string of the molecule is CC(C)OC(=O)[C@H](C)NP(=O)(OC[C@H]1C2(C)OC3(F)C([C@@H]3n3cnc4c(N)ncnc43)C12CCN)Oc1ccccc1. The number of anilines is 1. The Hall–Kier alpha value is -3.16. The average molecular weight is 604 g/mol. The quantitative estimate of drug-likeness (QED) is 0.204. The Morgan fingerprint density at radius 3 is 2.67 bits per heavy atom. The number of nitrogens with zero attached hydrogens (tertiary/aromatic N) is 4. The smallest absolute Gasteiger partial charge is 0.459 e. The maximum absolute atomic E-state index is 16.4. The number of hydrogen-bond donors (Lipinski definition) is 3. The fraction of sp³-hybridized carbons (Fsp3) is 0.556. The number of carbonyl (C=O) groups is 1. The van der Waals surface area contributed by atoms with Crippen LogP contribution in [0, 0.1) is 17.3 Å². The second-order valence-electron chi connectivity index (χ2n) is 11.6. The summed E-state index contributed by atoms with van der Waals surface area (Å²) in [4.78, 5) is 25.0. The van der Waals surface area contributed by atoms with Crippen molar-refractivity contribution in [2.24, 2.45) is 23.0 Å². The van der Waals surface area contributed by atoms with Crippen molar-refractivity contribution in [2.75, 3.05) is 18.9 Å². The Balaban J connectivity index is 1.25. The van der Waals surface area contributed by atoms with E-state index in [1.165, 1.54) is 19.6 Å². The zero-order valence-corrected chi connectivity index (χ0v) is 24.7. The summed E-state index contributed by atoms with van der Waals surface area (Å²) in [7, 11) is -4.13. The van der Waals surface area contributed by atoms with Gasteiger partial charge in [0.05, 0.1) is 30.6 Å². The van der Waals surface area contributed by atoms with Crippen LogP contribution >= 0.6 is 7.75 Å². The number of hydrogen-bond acceptors (Lipinski definition) is 11. The van der Waals surface area contributed by atoms with Gasteiger partial charge in [0, 0.05) is 11.3 Å². The molecule has 226 valence electrons. The number of aromatic nitrogens is 4. The second-order valence-corrected chi connectivity index (χ2v) is 13.3. The summed E-state index contributed by atoms with van der Waals surface area (Å²) in [6.07, 6.45) is 2.89. The summed E-state index contributed by atoms with van der Waals surface area (Å²) in [6.45, 7) is 6.96. The molecular weight excluding hydrogens is 568 g/mol. The van der Waals surface area contributed by atoms with E-state index in [0.717, 1.165) is 0 Å². The van der Waals surface area contributed by atoms with Crippen LogP contribution in [-0.4, -0.2) is 62.2 Å². The van der Waals surface area contributed by atoms with E-state index in [0.29, 0.717) is 17.6 Å². The van der Waals surface area contributed by atoms with E-state index < -0.39 is 48.6 Å². The van der Waals surface area contributed by atoms with Gasteiger partial charge in [-0.3, -0.25) is 9.32 Å². The summed E-state index contributed by atoms with van der Waals surface area (Å²) in [5, 5.41) is 2.70. The first-order valence-corrected chi connectivity index (χ1v) is 15.4. The van der Waals surface area contributed by atoms with Crippen molar-refractivity contribution in [3.63, 3.8) is 0 Å². The van der Waals surface area contributed by atoms with Crippen LogP contribution in [0.15, 0.2) is 43.0 Å². The first kappa shape index (κ1) is 28.9. The van der Waals surface area contributed by atoms with Crippen molar-refractivity contribution in [1.82, 2.24) is 24.6 Å². The molecule has 3 heterocycles. The van der Waals surface area contributed by atoms with Gasteiger partial charge in [0.15, 0.2) is 11.5 Å². The van der Waals surface area contributed by atoms with E-state index in [2.05, 4.69) is 20.0 Å². The van der Waals surface area contributed by atoms with E-state index in [-0.39, 0.29) is 36.7 Å². The van der Waals surface area contributed by atoms with Gasteiger partial charge in [-0.2, -0.15) is 5.09 Å². The van der Waals surface area contributed by atoms with Crippen molar-refractivity contribution in [2.45, 2.75) is 63.8 Å². The molecule has 3 aliphatic rings. The molecule has 1 saturated heterocycles. The molecule has 0 radical (unpaired) electrons. The van der Waals surface area contributed by atoms with Gasteiger partial charge in [-0.25, -0.2) is 23.9 Å². The lowest BCUT2D eigenvalue weighted by Gasteiger charge is -2.24. The fourth-order valence-corrected chi connectivity index (χ4v) is 8.44. The number of imidazole rings is 1. The molecule has 42 heavy (non-hydrogen) atoms. The zero-order valence-electron chi connectivity index (χ0n) is 23.8. The number of alkyl halides is 1. The fourth-order valence-electron chi connectivity index (χ4n) is 6.94. The number of esters is 1. The molecule has 2 aliphatic carbocycles. The summed E-state index contributed by atoms with van der Waals surface area (Å²) in [5.74, 6) is -3.04. The van der Waals surface area contributed by atoms with Crippen LogP contribution in [0.3, 0.4) is 0 Å². The van der Waals surface area contributed by atoms with E-state index in [9.17, 15) is 9.36 Å². The number of ether oxygens (including phenoxy) is 2. The van der Waals surface area contributed by atoms with Gasteiger partial charge in [0.2, 0.25) is 5.85 Å². The molecular formula is C27H35FN7O6P. The van der Waals surface area contributed by atoms with Crippen LogP contribution in [-0.2, 0) is 23.4 Å². The third-order valence-corrected chi connectivity index (χ3v) is 10.4. The van der Waals surface area contributed by atoms with Gasteiger partial charge in [-0.1, -0.05) is 18.2 Å². The Kier molecular flexibility index (Phi) is 6.86. The van der Waals surface area contributed by atoms with Crippen LogP contribution in [0.25, 0.3) is 11.2 Å². The van der Waals surface area contributed by atoms with Crippen LogP contribution < -0.4 is 21.1 Å².